The summed E-state index contributed by atoms with van der Waals surface area (Å²) in [5.74, 6) is -1.47. The summed E-state index contributed by atoms with van der Waals surface area (Å²) in [6.07, 6.45) is 0.752. The quantitative estimate of drug-likeness (QED) is 0.427. The topological polar surface area (TPSA) is 67.2 Å². The van der Waals surface area contributed by atoms with E-state index in [0.717, 1.165) is 23.7 Å². The summed E-state index contributed by atoms with van der Waals surface area (Å²) in [6, 6.07) is 11.1. The van der Waals surface area contributed by atoms with Crippen LogP contribution in [0.4, 0.5) is 14.6 Å². The Morgan fingerprint density at radius 3 is 2.55 bits per heavy atom. The minimum Gasteiger partial charge on any atom is -0.352 e. The average molecular weight is 541 g/mol. The molecule has 4 rings (SSSR count). The van der Waals surface area contributed by atoms with Crippen LogP contribution in [-0.4, -0.2) is 39.9 Å². The highest BCUT2D eigenvalue weighted by Crippen LogP contribution is 2.49. The number of para-hydroxylation sites is 1. The van der Waals surface area contributed by atoms with Gasteiger partial charge in [0.15, 0.2) is 0 Å². The predicted molar refractivity (Wildman–Crippen MR) is 148 cm³/mol. The summed E-state index contributed by atoms with van der Waals surface area (Å²) in [5, 5.41) is 7.32. The van der Waals surface area contributed by atoms with Gasteiger partial charge in [0.05, 0.1) is 22.4 Å². The average Bonchev–Trinajstić information content (AvgIpc) is 3.18. The van der Waals surface area contributed by atoms with Crippen molar-refractivity contribution < 1.29 is 18.4 Å². The Labute approximate surface area is 226 Å². The lowest BCUT2D eigenvalue weighted by Crippen LogP contribution is -2.44. The van der Waals surface area contributed by atoms with E-state index in [2.05, 4.69) is 5.32 Å². The maximum Gasteiger partial charge on any atom is 0.240 e. The molecular weight excluding hydrogens is 506 g/mol. The molecular formula is C29H34F2N4O2S. The first-order chi connectivity index (χ1) is 17.9. The summed E-state index contributed by atoms with van der Waals surface area (Å²) >= 11 is 1.26. The Morgan fingerprint density at radius 1 is 1.21 bits per heavy atom. The number of hydrogen-bond acceptors (Lipinski definition) is 4. The van der Waals surface area contributed by atoms with E-state index in [-0.39, 0.29) is 35.7 Å². The number of carbonyl (C=O) groups is 2. The van der Waals surface area contributed by atoms with E-state index in [9.17, 15) is 14.0 Å². The maximum atomic E-state index is 15.2. The third-order valence-corrected chi connectivity index (χ3v) is 7.95. The van der Waals surface area contributed by atoms with Crippen molar-refractivity contribution in [3.63, 3.8) is 0 Å². The summed E-state index contributed by atoms with van der Waals surface area (Å²) < 4.78 is 30.8. The molecule has 1 aliphatic rings. The molecule has 0 fully saturated rings. The Balaban J connectivity index is 2.02. The smallest absolute Gasteiger partial charge is 0.240 e. The Bertz CT molecular complexity index is 1370. The SMILES string of the molecule is CCC(C)NC(=O)CN1C(=O)CSC(c2ccc(F)cc2F)c2c(C(C)(C)C)nn(-c3ccccc3C)c21. The number of halogens is 2. The monoisotopic (exact) mass is 540 g/mol. The Hall–Kier alpha value is -3.20. The summed E-state index contributed by atoms with van der Waals surface area (Å²) in [6.45, 7) is 11.7. The fourth-order valence-corrected chi connectivity index (χ4v) is 5.79. The number of aryl methyl sites for hydroxylation is 1. The number of nitrogens with zero attached hydrogens (tertiary/aromatic N) is 3. The van der Waals surface area contributed by atoms with Crippen LogP contribution < -0.4 is 10.2 Å². The van der Waals surface area contributed by atoms with Crippen molar-refractivity contribution in [1.82, 2.24) is 15.1 Å². The number of hydrogen-bond donors (Lipinski definition) is 1. The van der Waals surface area contributed by atoms with E-state index >= 15 is 4.39 Å². The molecule has 38 heavy (non-hydrogen) atoms. The maximum absolute atomic E-state index is 15.2. The minimum atomic E-state index is -0.688. The fourth-order valence-electron chi connectivity index (χ4n) is 4.57. The number of amides is 2. The van der Waals surface area contributed by atoms with Gasteiger partial charge in [-0.05, 0) is 38.0 Å². The molecule has 1 aromatic heterocycles. The first kappa shape index (κ1) is 27.8. The standard InChI is InChI=1S/C29H34F2N4O2S/c1-7-18(3)32-23(36)15-34-24(37)16-38-26(20-13-12-19(30)14-21(20)31)25-27(29(4,5)6)33-35(28(25)34)22-11-9-8-10-17(22)2/h8-14,18,26H,7,15-16H2,1-6H3,(H,32,36). The highest BCUT2D eigenvalue weighted by atomic mass is 32.2. The second-order valence-electron chi connectivity index (χ2n) is 10.7. The Kier molecular flexibility index (Phi) is 7.97. The van der Waals surface area contributed by atoms with Crippen LogP contribution in [0.1, 0.15) is 68.7 Å². The zero-order valence-corrected chi connectivity index (χ0v) is 23.5. The van der Waals surface area contributed by atoms with Crippen LogP contribution >= 0.6 is 11.8 Å². The molecule has 0 spiro atoms. The van der Waals surface area contributed by atoms with E-state index in [1.165, 1.54) is 28.8 Å². The van der Waals surface area contributed by atoms with Crippen LogP contribution in [0.3, 0.4) is 0 Å². The van der Waals surface area contributed by atoms with Gasteiger partial charge in [0, 0.05) is 28.7 Å². The third kappa shape index (κ3) is 5.48. The van der Waals surface area contributed by atoms with E-state index in [1.54, 1.807) is 4.68 Å². The van der Waals surface area contributed by atoms with Crippen molar-refractivity contribution in [3.05, 3.63) is 76.5 Å². The lowest BCUT2D eigenvalue weighted by atomic mass is 9.87. The van der Waals surface area contributed by atoms with Gasteiger partial charge in [-0.2, -0.15) is 5.10 Å². The van der Waals surface area contributed by atoms with Crippen molar-refractivity contribution in [3.8, 4) is 5.69 Å². The summed E-state index contributed by atoms with van der Waals surface area (Å²) in [5.41, 5.74) is 2.80. The molecule has 0 saturated heterocycles. The molecule has 0 bridgehead atoms. The second kappa shape index (κ2) is 10.9. The lowest BCUT2D eigenvalue weighted by molar-refractivity contribution is -0.123. The fraction of sp³-hybridized carbons (Fsp3) is 0.414. The molecule has 6 nitrogen and oxygen atoms in total. The van der Waals surface area contributed by atoms with E-state index in [1.807, 2.05) is 65.8 Å². The number of benzene rings is 2. The predicted octanol–water partition coefficient (Wildman–Crippen LogP) is 5.84. The van der Waals surface area contributed by atoms with Crippen LogP contribution in [0.15, 0.2) is 42.5 Å². The molecule has 2 aromatic carbocycles. The molecule has 2 unspecified atom stereocenters. The third-order valence-electron chi connectivity index (χ3n) is 6.71. The van der Waals surface area contributed by atoms with E-state index in [4.69, 9.17) is 5.10 Å². The minimum absolute atomic E-state index is 0.0180. The molecule has 3 aromatic rings. The van der Waals surface area contributed by atoms with Gasteiger partial charge < -0.3 is 5.32 Å². The van der Waals surface area contributed by atoms with Crippen molar-refractivity contribution in [2.24, 2.45) is 0 Å². The lowest BCUT2D eigenvalue weighted by Gasteiger charge is -2.25. The molecule has 1 aliphatic heterocycles. The van der Waals surface area contributed by atoms with Gasteiger partial charge >= 0.3 is 0 Å². The number of thioether (sulfide) groups is 1. The van der Waals surface area contributed by atoms with Crippen LogP contribution in [-0.2, 0) is 15.0 Å². The number of anilines is 1. The zero-order chi connectivity index (χ0) is 27.8. The van der Waals surface area contributed by atoms with Gasteiger partial charge in [-0.25, -0.2) is 13.5 Å². The highest BCUT2D eigenvalue weighted by molar-refractivity contribution is 8.00. The first-order valence-electron chi connectivity index (χ1n) is 12.8. The normalized spacial score (nSPS) is 16.7. The molecule has 2 atom stereocenters. The number of aromatic nitrogens is 2. The van der Waals surface area contributed by atoms with Crippen molar-refractivity contribution in [1.29, 1.82) is 0 Å². The van der Waals surface area contributed by atoms with Crippen LogP contribution in [0.2, 0.25) is 0 Å². The van der Waals surface area contributed by atoms with Crippen molar-refractivity contribution >= 4 is 29.4 Å². The van der Waals surface area contributed by atoms with Gasteiger partial charge in [0.1, 0.15) is 24.0 Å². The van der Waals surface area contributed by atoms with Crippen LogP contribution in [0.5, 0.6) is 0 Å². The number of rotatable bonds is 6. The van der Waals surface area contributed by atoms with E-state index in [0.29, 0.717) is 17.1 Å². The summed E-state index contributed by atoms with van der Waals surface area (Å²) in [4.78, 5) is 28.2. The first-order valence-corrected chi connectivity index (χ1v) is 13.8. The van der Waals surface area contributed by atoms with Crippen LogP contribution in [0.25, 0.3) is 5.69 Å². The second-order valence-corrected chi connectivity index (χ2v) is 11.8. The molecule has 1 N–H and O–H groups in total. The molecule has 202 valence electrons. The van der Waals surface area contributed by atoms with Crippen molar-refractivity contribution in [2.45, 2.75) is 64.7 Å². The molecule has 0 aliphatic carbocycles. The molecule has 2 amide bonds. The van der Waals surface area contributed by atoms with Crippen LogP contribution in [0, 0.1) is 18.6 Å². The van der Waals surface area contributed by atoms with Gasteiger partial charge in [-0.1, -0.05) is 52.0 Å². The van der Waals surface area contributed by atoms with Gasteiger partial charge in [-0.3, -0.25) is 14.5 Å². The van der Waals surface area contributed by atoms with Gasteiger partial charge in [0.2, 0.25) is 11.8 Å². The molecule has 0 radical (unpaired) electrons. The number of nitrogens with one attached hydrogen (secondary N) is 1. The molecule has 0 saturated carbocycles. The molecule has 2 heterocycles. The van der Waals surface area contributed by atoms with Gasteiger partial charge in [-0.15, -0.1) is 11.8 Å². The van der Waals surface area contributed by atoms with Crippen molar-refractivity contribution in [2.75, 3.05) is 17.2 Å². The number of carbonyl (C=O) groups excluding carboxylic acids is 2. The number of fused-ring (bicyclic) bond motifs is 1. The molecule has 9 heteroatoms. The van der Waals surface area contributed by atoms with E-state index < -0.39 is 22.3 Å². The zero-order valence-electron chi connectivity index (χ0n) is 22.6. The summed E-state index contributed by atoms with van der Waals surface area (Å²) in [7, 11) is 0. The Morgan fingerprint density at radius 2 is 1.92 bits per heavy atom. The highest BCUT2D eigenvalue weighted by Gasteiger charge is 2.40. The largest absolute Gasteiger partial charge is 0.352 e. The van der Waals surface area contributed by atoms with Gasteiger partial charge in [0.25, 0.3) is 0 Å².